The Balaban J connectivity index is 1.71. The Morgan fingerprint density at radius 1 is 1.20 bits per heavy atom. The van der Waals surface area contributed by atoms with Crippen molar-refractivity contribution in [3.8, 4) is 22.8 Å². The number of hydrogen-bond acceptors (Lipinski definition) is 7. The highest BCUT2D eigenvalue weighted by atomic mass is 32.2. The van der Waals surface area contributed by atoms with Crippen molar-refractivity contribution in [2.75, 3.05) is 7.11 Å². The number of benzene rings is 2. The van der Waals surface area contributed by atoms with E-state index in [0.717, 1.165) is 27.6 Å². The molecule has 0 atom stereocenters. The molecular formula is C21H18N4O3S2. The highest BCUT2D eigenvalue weighted by molar-refractivity contribution is 7.98. The fraction of sp³-hybridized carbons (Fsp3) is 0.143. The third-order valence-electron chi connectivity index (χ3n) is 4.35. The van der Waals surface area contributed by atoms with E-state index in [9.17, 15) is 4.79 Å². The van der Waals surface area contributed by atoms with Crippen LogP contribution in [0.1, 0.15) is 21.1 Å². The number of hydrogen-bond donors (Lipinski definition) is 1. The first-order valence-electron chi connectivity index (χ1n) is 9.02. The number of nitrogens with zero attached hydrogens (tertiary/aromatic N) is 4. The summed E-state index contributed by atoms with van der Waals surface area (Å²) >= 11 is 2.78. The van der Waals surface area contributed by atoms with Crippen LogP contribution in [0.5, 0.6) is 5.75 Å². The topological polar surface area (TPSA) is 90.1 Å². The highest BCUT2D eigenvalue weighted by Crippen LogP contribution is 2.31. The molecule has 0 amide bonds. The highest BCUT2D eigenvalue weighted by Gasteiger charge is 2.18. The molecule has 0 aliphatic rings. The normalized spacial score (nSPS) is 10.9. The predicted molar refractivity (Wildman–Crippen MR) is 117 cm³/mol. The molecule has 2 aromatic heterocycles. The zero-order valence-corrected chi connectivity index (χ0v) is 17.9. The van der Waals surface area contributed by atoms with Crippen molar-refractivity contribution in [2.45, 2.75) is 17.8 Å². The van der Waals surface area contributed by atoms with Crippen LogP contribution in [0, 0.1) is 6.92 Å². The summed E-state index contributed by atoms with van der Waals surface area (Å²) in [5.74, 6) is 0.917. The van der Waals surface area contributed by atoms with Crippen LogP contribution >= 0.6 is 23.1 Å². The van der Waals surface area contributed by atoms with Crippen molar-refractivity contribution < 1.29 is 14.6 Å². The van der Waals surface area contributed by atoms with E-state index in [1.807, 2.05) is 60.0 Å². The van der Waals surface area contributed by atoms with Gasteiger partial charge in [-0.05, 0) is 31.2 Å². The predicted octanol–water partition coefficient (Wildman–Crippen LogP) is 4.70. The number of carbonyl (C=O) groups is 1. The van der Waals surface area contributed by atoms with Gasteiger partial charge >= 0.3 is 5.97 Å². The number of carboxylic acids is 1. The standard InChI is InChI=1S/C21H18N4O3S2/c1-13-6-8-15(9-7-13)25-19(14-4-3-5-16(10-14)28-2)23-24-21(25)30-12-18-22-17(11-29-18)20(26)27/h3-11H,12H2,1-2H3,(H,26,27). The Morgan fingerprint density at radius 2 is 2.00 bits per heavy atom. The van der Waals surface area contributed by atoms with Gasteiger partial charge in [0, 0.05) is 16.6 Å². The van der Waals surface area contributed by atoms with E-state index < -0.39 is 5.97 Å². The lowest BCUT2D eigenvalue weighted by atomic mass is 10.2. The Labute approximate surface area is 181 Å². The smallest absolute Gasteiger partial charge is 0.355 e. The average molecular weight is 439 g/mol. The second kappa shape index (κ2) is 8.68. The Hall–Kier alpha value is -3.17. The zero-order chi connectivity index (χ0) is 21.1. The number of carboxylic acid groups (broad SMARTS) is 1. The minimum Gasteiger partial charge on any atom is -0.497 e. The second-order valence-electron chi connectivity index (χ2n) is 6.43. The van der Waals surface area contributed by atoms with Crippen molar-refractivity contribution in [1.82, 2.24) is 19.7 Å². The van der Waals surface area contributed by atoms with Gasteiger partial charge in [0.2, 0.25) is 0 Å². The molecule has 0 aliphatic heterocycles. The van der Waals surface area contributed by atoms with Crippen LogP contribution in [0.15, 0.2) is 59.1 Å². The summed E-state index contributed by atoms with van der Waals surface area (Å²) in [6, 6.07) is 15.8. The van der Waals surface area contributed by atoms with Crippen molar-refractivity contribution in [3.63, 3.8) is 0 Å². The molecule has 2 aromatic carbocycles. The van der Waals surface area contributed by atoms with E-state index in [1.165, 1.54) is 23.1 Å². The van der Waals surface area contributed by atoms with Gasteiger partial charge in [-0.1, -0.05) is 41.6 Å². The lowest BCUT2D eigenvalue weighted by molar-refractivity contribution is 0.0691. The quantitative estimate of drug-likeness (QED) is 0.418. The third kappa shape index (κ3) is 4.22. The minimum absolute atomic E-state index is 0.0627. The van der Waals surface area contributed by atoms with Gasteiger partial charge < -0.3 is 9.84 Å². The maximum atomic E-state index is 11.1. The summed E-state index contributed by atoms with van der Waals surface area (Å²) in [7, 11) is 1.63. The Morgan fingerprint density at radius 3 is 2.70 bits per heavy atom. The van der Waals surface area contributed by atoms with Crippen LogP contribution in [-0.4, -0.2) is 37.9 Å². The number of rotatable bonds is 7. The molecule has 0 unspecified atom stereocenters. The van der Waals surface area contributed by atoms with Gasteiger partial charge in [-0.15, -0.1) is 21.5 Å². The monoisotopic (exact) mass is 438 g/mol. The minimum atomic E-state index is -1.02. The summed E-state index contributed by atoms with van der Waals surface area (Å²) in [6.45, 7) is 2.04. The van der Waals surface area contributed by atoms with Gasteiger partial charge in [0.25, 0.3) is 0 Å². The lowest BCUT2D eigenvalue weighted by Crippen LogP contribution is -2.00. The zero-order valence-electron chi connectivity index (χ0n) is 16.3. The summed E-state index contributed by atoms with van der Waals surface area (Å²) in [4.78, 5) is 15.2. The summed E-state index contributed by atoms with van der Waals surface area (Å²) in [6.07, 6.45) is 0. The van der Waals surface area contributed by atoms with Crippen molar-refractivity contribution >= 4 is 29.1 Å². The number of thioether (sulfide) groups is 1. The van der Waals surface area contributed by atoms with E-state index in [1.54, 1.807) is 12.5 Å². The summed E-state index contributed by atoms with van der Waals surface area (Å²) in [5.41, 5.74) is 3.05. The molecular weight excluding hydrogens is 420 g/mol. The molecule has 0 radical (unpaired) electrons. The molecule has 7 nitrogen and oxygen atoms in total. The number of ether oxygens (including phenoxy) is 1. The van der Waals surface area contributed by atoms with Crippen molar-refractivity contribution in [2.24, 2.45) is 0 Å². The van der Waals surface area contributed by atoms with Crippen molar-refractivity contribution in [3.05, 3.63) is 70.2 Å². The number of thiazole rings is 1. The summed E-state index contributed by atoms with van der Waals surface area (Å²) < 4.78 is 7.34. The Kier molecular flexibility index (Phi) is 5.82. The molecule has 9 heteroatoms. The van der Waals surface area contributed by atoms with Crippen LogP contribution in [0.4, 0.5) is 0 Å². The van der Waals surface area contributed by atoms with E-state index in [-0.39, 0.29) is 5.69 Å². The van der Waals surface area contributed by atoms with Gasteiger partial charge in [-0.2, -0.15) is 0 Å². The third-order valence-corrected chi connectivity index (χ3v) is 6.32. The van der Waals surface area contributed by atoms with Gasteiger partial charge in [0.05, 0.1) is 12.9 Å². The maximum absolute atomic E-state index is 11.1. The summed E-state index contributed by atoms with van der Waals surface area (Å²) in [5, 5.41) is 20.9. The van der Waals surface area contributed by atoms with E-state index >= 15 is 0 Å². The second-order valence-corrected chi connectivity index (χ2v) is 8.31. The molecule has 0 saturated carbocycles. The van der Waals surface area contributed by atoms with E-state index in [2.05, 4.69) is 15.2 Å². The van der Waals surface area contributed by atoms with Gasteiger partial charge in [0.1, 0.15) is 10.8 Å². The number of aryl methyl sites for hydroxylation is 1. The molecule has 0 spiro atoms. The van der Waals surface area contributed by atoms with E-state index in [4.69, 9.17) is 9.84 Å². The molecule has 0 aliphatic carbocycles. The van der Waals surface area contributed by atoms with E-state index in [0.29, 0.717) is 16.7 Å². The molecule has 4 aromatic rings. The number of aromatic carboxylic acids is 1. The largest absolute Gasteiger partial charge is 0.497 e. The Bertz CT molecular complexity index is 1190. The first-order valence-corrected chi connectivity index (χ1v) is 10.9. The van der Waals surface area contributed by atoms with Crippen LogP contribution in [0.2, 0.25) is 0 Å². The van der Waals surface area contributed by atoms with Crippen molar-refractivity contribution in [1.29, 1.82) is 0 Å². The van der Waals surface area contributed by atoms with Crippen LogP contribution in [0.25, 0.3) is 17.1 Å². The fourth-order valence-electron chi connectivity index (χ4n) is 2.84. The molecule has 2 heterocycles. The van der Waals surface area contributed by atoms with Gasteiger partial charge in [0.15, 0.2) is 16.7 Å². The first-order chi connectivity index (χ1) is 14.5. The first kappa shape index (κ1) is 20.1. The molecule has 0 bridgehead atoms. The lowest BCUT2D eigenvalue weighted by Gasteiger charge is -2.11. The fourth-order valence-corrected chi connectivity index (χ4v) is 4.58. The number of aromatic nitrogens is 4. The molecule has 4 rings (SSSR count). The molecule has 30 heavy (non-hydrogen) atoms. The van der Waals surface area contributed by atoms with Crippen LogP contribution < -0.4 is 4.74 Å². The molecule has 0 saturated heterocycles. The number of methoxy groups -OCH3 is 1. The SMILES string of the molecule is COc1cccc(-c2nnc(SCc3nc(C(=O)O)cs3)n2-c2ccc(C)cc2)c1. The van der Waals surface area contributed by atoms with Crippen LogP contribution in [-0.2, 0) is 5.75 Å². The average Bonchev–Trinajstić information content (AvgIpc) is 3.40. The maximum Gasteiger partial charge on any atom is 0.355 e. The van der Waals surface area contributed by atoms with Gasteiger partial charge in [-0.25, -0.2) is 9.78 Å². The molecule has 1 N–H and O–H groups in total. The molecule has 0 fully saturated rings. The van der Waals surface area contributed by atoms with Crippen LogP contribution in [0.3, 0.4) is 0 Å². The molecule has 152 valence electrons. The van der Waals surface area contributed by atoms with Gasteiger partial charge in [-0.3, -0.25) is 4.57 Å².